The minimum absolute atomic E-state index is 0.0208. The Labute approximate surface area is 318 Å². The van der Waals surface area contributed by atoms with E-state index in [1.165, 1.54) is 6.92 Å². The molecule has 53 heavy (non-hydrogen) atoms. The number of nitrogens with two attached hydrogens (primary N) is 7. The summed E-state index contributed by atoms with van der Waals surface area (Å²) in [7, 11) is 0. The summed E-state index contributed by atoms with van der Waals surface area (Å²) in [4.78, 5) is 79.2. The molecule has 1 saturated heterocycles. The number of aliphatic carboxylic acids is 7. The molecule has 0 aliphatic carbocycles. The van der Waals surface area contributed by atoms with Crippen LogP contribution < -0.4 is 45.5 Å². The fourth-order valence-electron chi connectivity index (χ4n) is 1.93. The van der Waals surface area contributed by atoms with Crippen LogP contribution in [0.1, 0.15) is 53.9 Å². The lowest BCUT2D eigenvalue weighted by Gasteiger charge is -2.07. The number of carbonyl (C=O) groups excluding carboxylic acids is 1. The van der Waals surface area contributed by atoms with E-state index in [1.54, 1.807) is 27.7 Å². The van der Waals surface area contributed by atoms with E-state index in [-0.39, 0.29) is 35.8 Å². The normalized spacial score (nSPS) is 15.7. The molecule has 0 saturated carbocycles. The van der Waals surface area contributed by atoms with Gasteiger partial charge in [0.2, 0.25) is 5.91 Å². The summed E-state index contributed by atoms with van der Waals surface area (Å²) in [6, 6.07) is -5.22. The van der Waals surface area contributed by atoms with Crippen molar-refractivity contribution in [2.45, 2.75) is 96.2 Å². The number of carboxylic acid groups (broad SMARTS) is 7. The maximum atomic E-state index is 10.1. The molecule has 0 unspecified atom stereocenters. The molecule has 0 radical (unpaired) electrons. The van der Waals surface area contributed by atoms with Gasteiger partial charge in [-0.2, -0.15) is 25.3 Å². The summed E-state index contributed by atoms with van der Waals surface area (Å²) in [6.45, 7) is 9.38. The van der Waals surface area contributed by atoms with Crippen LogP contribution in [0.2, 0.25) is 0 Å². The molecule has 1 amide bonds. The van der Waals surface area contributed by atoms with Crippen LogP contribution in [0.15, 0.2) is 0 Å². The molecule has 0 aromatic carbocycles. The first-order valence-electron chi connectivity index (χ1n) is 15.3. The smallest absolute Gasteiger partial charge is 0.321 e. The van der Waals surface area contributed by atoms with E-state index < -0.39 is 83.9 Å². The molecule has 1 aliphatic heterocycles. The van der Waals surface area contributed by atoms with E-state index in [1.807, 2.05) is 0 Å². The van der Waals surface area contributed by atoms with Crippen LogP contribution >= 0.6 is 25.3 Å². The maximum Gasteiger partial charge on any atom is 0.321 e. The fraction of sp³-hybridized carbons (Fsp3) is 0.714. The number of carbonyl (C=O) groups is 8. The van der Waals surface area contributed by atoms with Gasteiger partial charge in [-0.15, -0.1) is 0 Å². The van der Waals surface area contributed by atoms with Crippen molar-refractivity contribution in [3.63, 3.8) is 0 Å². The first-order chi connectivity index (χ1) is 24.0. The predicted octanol–water partition coefficient (Wildman–Crippen LogP) is -3.72. The highest BCUT2D eigenvalue weighted by Gasteiger charge is 2.20. The molecule has 22 N–H and O–H groups in total. The molecule has 1 fully saturated rings. The first-order valence-corrected chi connectivity index (χ1v) is 16.6. The van der Waals surface area contributed by atoms with Gasteiger partial charge in [-0.25, -0.2) is 0 Å². The van der Waals surface area contributed by atoms with E-state index in [9.17, 15) is 38.4 Å². The van der Waals surface area contributed by atoms with Crippen molar-refractivity contribution in [1.82, 2.24) is 5.32 Å². The van der Waals surface area contributed by atoms with Crippen LogP contribution in [-0.4, -0.2) is 144 Å². The standard InChI is InChI=1S/C5H9NO2.2C5H11NO2.C4H8N2O3.2C3H7NO2S.C3H7NO2/c7-5(8)4-2-1-3-6-4;2*1-3(2)4(6)5(7)8;5-2(4(8)9)1-3(6)7;2*4-2(1-7)3(5)6;1-2(4)3(5)6/h4,6H,1-3H2,(H,7,8);2*3-4H,6H2,1-2H3,(H,7,8);2H,1,5H2,(H2,6,7)(H,8,9);2*2,7H,1,4H2,(H,5,6);2H,4H2,1H3,(H,5,6)/t3*4-;4*2-/m0000000/s1. The van der Waals surface area contributed by atoms with Gasteiger partial charge in [0.25, 0.3) is 0 Å². The molecule has 7 atom stereocenters. The molecule has 0 aromatic rings. The number of amides is 1. The van der Waals surface area contributed by atoms with E-state index in [0.29, 0.717) is 0 Å². The third kappa shape index (κ3) is 46.2. The number of hydrogen-bond donors (Lipinski definition) is 17. The van der Waals surface area contributed by atoms with Gasteiger partial charge in [-0.05, 0) is 38.1 Å². The average molecular weight is 813 g/mol. The highest BCUT2D eigenvalue weighted by atomic mass is 32.1. The number of primary amides is 1. The van der Waals surface area contributed by atoms with Crippen LogP contribution in [-0.2, 0) is 38.4 Å². The van der Waals surface area contributed by atoms with Crippen LogP contribution in [0, 0.1) is 11.8 Å². The number of hydrogen-bond acceptors (Lipinski definition) is 17. The Morgan fingerprint density at radius 2 is 0.887 bits per heavy atom. The summed E-state index contributed by atoms with van der Waals surface area (Å²) in [6.07, 6.45) is 1.47. The summed E-state index contributed by atoms with van der Waals surface area (Å²) in [5, 5.41) is 59.6. The predicted molar refractivity (Wildman–Crippen MR) is 199 cm³/mol. The molecule has 0 spiro atoms. The molecule has 0 bridgehead atoms. The second-order valence-electron chi connectivity index (χ2n) is 11.2. The number of thiol groups is 2. The lowest BCUT2D eigenvalue weighted by atomic mass is 10.1. The van der Waals surface area contributed by atoms with Gasteiger partial charge >= 0.3 is 41.8 Å². The minimum atomic E-state index is -1.21. The Hall–Kier alpha value is -3.82. The monoisotopic (exact) mass is 812 g/mol. The Bertz CT molecular complexity index is 1020. The molecular formula is C28H60N8O15S2. The first kappa shape index (κ1) is 61.2. The van der Waals surface area contributed by atoms with Crippen molar-refractivity contribution in [2.24, 2.45) is 52.0 Å². The zero-order chi connectivity index (χ0) is 43.8. The van der Waals surface area contributed by atoms with Gasteiger partial charge in [0.1, 0.15) is 42.3 Å². The molecule has 1 heterocycles. The van der Waals surface area contributed by atoms with Gasteiger partial charge in [0.15, 0.2) is 0 Å². The molecule has 314 valence electrons. The second kappa shape index (κ2) is 36.5. The highest BCUT2D eigenvalue weighted by Crippen LogP contribution is 2.03. The van der Waals surface area contributed by atoms with E-state index >= 15 is 0 Å². The SMILES string of the molecule is CC(C)[C@H](N)C(=O)O.CC(C)[C@H](N)C(=O)O.C[C@H](N)C(=O)O.NC(=O)C[C@H](N)C(=O)O.N[C@@H](CS)C(=O)O.N[C@@H](CS)C(=O)O.O=C(O)[C@@H]1CCCN1. The zero-order valence-electron chi connectivity index (χ0n) is 30.3. The molecule has 23 nitrogen and oxygen atoms in total. The molecule has 25 heteroatoms. The lowest BCUT2D eigenvalue weighted by molar-refractivity contribution is -0.140. The van der Waals surface area contributed by atoms with E-state index in [4.69, 9.17) is 70.1 Å². The number of carboxylic acids is 7. The van der Waals surface area contributed by atoms with Crippen molar-refractivity contribution < 1.29 is 74.1 Å². The van der Waals surface area contributed by atoms with Crippen LogP contribution in [0.4, 0.5) is 0 Å². The highest BCUT2D eigenvalue weighted by molar-refractivity contribution is 7.80. The summed E-state index contributed by atoms with van der Waals surface area (Å²) in [5.74, 6) is -7.05. The topological polar surface area (TPSA) is 472 Å². The minimum Gasteiger partial charge on any atom is -0.480 e. The van der Waals surface area contributed by atoms with Crippen LogP contribution in [0.3, 0.4) is 0 Å². The quantitative estimate of drug-likeness (QED) is 0.0795. The van der Waals surface area contributed by atoms with Crippen molar-refractivity contribution in [3.8, 4) is 0 Å². The van der Waals surface area contributed by atoms with Crippen LogP contribution in [0.5, 0.6) is 0 Å². The third-order valence-corrected chi connectivity index (χ3v) is 6.31. The molecule has 0 aromatic heterocycles. The summed E-state index contributed by atoms with van der Waals surface area (Å²) < 4.78 is 0. The second-order valence-corrected chi connectivity index (χ2v) is 11.9. The van der Waals surface area contributed by atoms with Gasteiger partial charge in [-0.1, -0.05) is 27.7 Å². The average Bonchev–Trinajstić information content (AvgIpc) is 3.60. The van der Waals surface area contributed by atoms with Crippen molar-refractivity contribution in [1.29, 1.82) is 0 Å². The number of nitrogens with one attached hydrogen (secondary N) is 1. The Kier molecular flexibility index (Phi) is 42.2. The lowest BCUT2D eigenvalue weighted by Crippen LogP contribution is -2.34. The Balaban J connectivity index is -0.000000122. The van der Waals surface area contributed by atoms with E-state index in [0.717, 1.165) is 19.4 Å². The van der Waals surface area contributed by atoms with Gasteiger partial charge < -0.3 is 81.2 Å². The fourth-order valence-corrected chi connectivity index (χ4v) is 2.24. The van der Waals surface area contributed by atoms with Crippen LogP contribution in [0.25, 0.3) is 0 Å². The zero-order valence-corrected chi connectivity index (χ0v) is 32.1. The maximum absolute atomic E-state index is 10.1. The molecule has 1 aliphatic rings. The summed E-state index contributed by atoms with van der Waals surface area (Å²) >= 11 is 7.30. The Morgan fingerprint density at radius 3 is 0.943 bits per heavy atom. The molecule has 1 rings (SSSR count). The summed E-state index contributed by atoms with van der Waals surface area (Å²) in [5.41, 5.74) is 34.6. The molecular weight excluding hydrogens is 752 g/mol. The van der Waals surface area contributed by atoms with Crippen molar-refractivity contribution >= 4 is 72.9 Å². The van der Waals surface area contributed by atoms with E-state index in [2.05, 4.69) is 36.3 Å². The van der Waals surface area contributed by atoms with Gasteiger partial charge in [0.05, 0.1) is 6.42 Å². The number of rotatable bonds is 13. The van der Waals surface area contributed by atoms with Crippen molar-refractivity contribution in [3.05, 3.63) is 0 Å². The third-order valence-electron chi connectivity index (χ3n) is 5.52. The van der Waals surface area contributed by atoms with Crippen molar-refractivity contribution in [2.75, 3.05) is 18.1 Å². The largest absolute Gasteiger partial charge is 0.480 e. The van der Waals surface area contributed by atoms with Gasteiger partial charge in [0, 0.05) is 11.5 Å². The van der Waals surface area contributed by atoms with Gasteiger partial charge in [-0.3, -0.25) is 38.4 Å². The Morgan fingerprint density at radius 1 is 0.585 bits per heavy atom.